The van der Waals surface area contributed by atoms with Crippen LogP contribution in [0.25, 0.3) is 0 Å². The lowest BCUT2D eigenvalue weighted by atomic mass is 10.1. The molecule has 0 saturated heterocycles. The van der Waals surface area contributed by atoms with Gasteiger partial charge in [0.25, 0.3) is 0 Å². The van der Waals surface area contributed by atoms with Gasteiger partial charge in [-0.15, -0.1) is 0 Å². The van der Waals surface area contributed by atoms with Gasteiger partial charge >= 0.3 is 0 Å². The Bertz CT molecular complexity index is 195. The van der Waals surface area contributed by atoms with Crippen molar-refractivity contribution in [1.29, 1.82) is 0 Å². The van der Waals surface area contributed by atoms with E-state index in [-0.39, 0.29) is 6.61 Å². The van der Waals surface area contributed by atoms with Gasteiger partial charge in [-0.05, 0) is 12.8 Å². The molecular formula is C15H31NO2. The molecule has 0 fully saturated rings. The second-order valence-electron chi connectivity index (χ2n) is 5.03. The Morgan fingerprint density at radius 2 is 1.56 bits per heavy atom. The predicted octanol–water partition coefficient (Wildman–Crippen LogP) is 2.75. The summed E-state index contributed by atoms with van der Waals surface area (Å²) in [5.41, 5.74) is 5.49. The van der Waals surface area contributed by atoms with Crippen LogP contribution in [0.3, 0.4) is 0 Å². The zero-order valence-electron chi connectivity index (χ0n) is 11.9. The first-order chi connectivity index (χ1) is 8.72. The van der Waals surface area contributed by atoms with Crippen molar-refractivity contribution in [2.24, 2.45) is 5.73 Å². The summed E-state index contributed by atoms with van der Waals surface area (Å²) < 4.78 is 0. The van der Waals surface area contributed by atoms with Crippen molar-refractivity contribution in [3.63, 3.8) is 0 Å². The average Bonchev–Trinajstić information content (AvgIpc) is 2.39. The smallest absolute Gasteiger partial charge is 0.0894 e. The Balaban J connectivity index is 3.27. The van der Waals surface area contributed by atoms with Gasteiger partial charge in [-0.2, -0.15) is 0 Å². The van der Waals surface area contributed by atoms with E-state index in [9.17, 15) is 5.11 Å². The van der Waals surface area contributed by atoms with Gasteiger partial charge in [0.15, 0.2) is 0 Å². The molecule has 0 radical (unpaired) electrons. The van der Waals surface area contributed by atoms with E-state index in [1.54, 1.807) is 6.08 Å². The van der Waals surface area contributed by atoms with Gasteiger partial charge in [0.2, 0.25) is 0 Å². The molecule has 3 nitrogen and oxygen atoms in total. The Labute approximate surface area is 112 Å². The topological polar surface area (TPSA) is 66.5 Å². The van der Waals surface area contributed by atoms with E-state index < -0.39 is 12.1 Å². The molecule has 2 unspecified atom stereocenters. The van der Waals surface area contributed by atoms with Crippen molar-refractivity contribution in [2.75, 3.05) is 6.61 Å². The summed E-state index contributed by atoms with van der Waals surface area (Å²) in [4.78, 5) is 0. The number of allylic oxidation sites excluding steroid dienone is 1. The first-order valence-electron chi connectivity index (χ1n) is 7.43. The lowest BCUT2D eigenvalue weighted by Gasteiger charge is -2.11. The third kappa shape index (κ3) is 10.8. The van der Waals surface area contributed by atoms with Crippen molar-refractivity contribution in [1.82, 2.24) is 0 Å². The minimum Gasteiger partial charge on any atom is -0.395 e. The number of rotatable bonds is 12. The van der Waals surface area contributed by atoms with E-state index in [4.69, 9.17) is 10.8 Å². The summed E-state index contributed by atoms with van der Waals surface area (Å²) in [6.07, 6.45) is 14.5. The largest absolute Gasteiger partial charge is 0.395 e. The number of hydrogen-bond acceptors (Lipinski definition) is 3. The van der Waals surface area contributed by atoms with Gasteiger partial charge in [0.1, 0.15) is 0 Å². The SMILES string of the molecule is CCCCCCCCCC/C=C/C(O)C(N)CO. The van der Waals surface area contributed by atoms with Crippen LogP contribution < -0.4 is 5.73 Å². The van der Waals surface area contributed by atoms with Gasteiger partial charge in [-0.25, -0.2) is 0 Å². The standard InChI is InChI=1S/C15H31NO2/c1-2-3-4-5-6-7-8-9-10-11-12-15(18)14(16)13-17/h11-12,14-15,17-18H,2-10,13,16H2,1H3/b12-11+. The molecule has 0 aliphatic heterocycles. The monoisotopic (exact) mass is 257 g/mol. The van der Waals surface area contributed by atoms with Crippen molar-refractivity contribution in [3.8, 4) is 0 Å². The molecule has 3 heteroatoms. The van der Waals surface area contributed by atoms with Crippen LogP contribution >= 0.6 is 0 Å². The van der Waals surface area contributed by atoms with Crippen molar-refractivity contribution >= 4 is 0 Å². The summed E-state index contributed by atoms with van der Waals surface area (Å²) in [6, 6.07) is -0.556. The molecule has 0 aromatic heterocycles. The predicted molar refractivity (Wildman–Crippen MR) is 77.4 cm³/mol. The van der Waals surface area contributed by atoms with E-state index in [1.165, 1.54) is 51.4 Å². The van der Waals surface area contributed by atoms with Crippen LogP contribution in [0.1, 0.15) is 64.7 Å². The Hall–Kier alpha value is -0.380. The molecule has 0 spiro atoms. The van der Waals surface area contributed by atoms with Gasteiger partial charge in [-0.1, -0.05) is 64.0 Å². The van der Waals surface area contributed by atoms with E-state index in [2.05, 4.69) is 6.92 Å². The molecule has 18 heavy (non-hydrogen) atoms. The average molecular weight is 257 g/mol. The number of unbranched alkanes of at least 4 members (excludes halogenated alkanes) is 8. The maximum atomic E-state index is 9.47. The lowest BCUT2D eigenvalue weighted by Crippen LogP contribution is -2.36. The van der Waals surface area contributed by atoms with Crippen LogP contribution in [0.5, 0.6) is 0 Å². The normalized spacial score (nSPS) is 15.1. The molecule has 108 valence electrons. The van der Waals surface area contributed by atoms with Crippen molar-refractivity contribution in [2.45, 2.75) is 76.9 Å². The third-order valence-corrected chi connectivity index (χ3v) is 3.21. The molecule has 2 atom stereocenters. The highest BCUT2D eigenvalue weighted by Crippen LogP contribution is 2.09. The van der Waals surface area contributed by atoms with E-state index in [0.29, 0.717) is 0 Å². The van der Waals surface area contributed by atoms with Crippen molar-refractivity contribution < 1.29 is 10.2 Å². The fraction of sp³-hybridized carbons (Fsp3) is 0.867. The Morgan fingerprint density at radius 3 is 2.11 bits per heavy atom. The summed E-state index contributed by atoms with van der Waals surface area (Å²) in [7, 11) is 0. The zero-order valence-corrected chi connectivity index (χ0v) is 11.9. The molecule has 0 rings (SSSR count). The molecule has 0 aliphatic carbocycles. The van der Waals surface area contributed by atoms with E-state index >= 15 is 0 Å². The lowest BCUT2D eigenvalue weighted by molar-refractivity contribution is 0.144. The highest BCUT2D eigenvalue weighted by molar-refractivity contribution is 4.93. The quantitative estimate of drug-likeness (QED) is 0.372. The van der Waals surface area contributed by atoms with Gasteiger partial charge in [-0.3, -0.25) is 0 Å². The fourth-order valence-electron chi connectivity index (χ4n) is 1.88. The van der Waals surface area contributed by atoms with Crippen molar-refractivity contribution in [3.05, 3.63) is 12.2 Å². The van der Waals surface area contributed by atoms with Gasteiger partial charge in [0, 0.05) is 0 Å². The summed E-state index contributed by atoms with van der Waals surface area (Å²) in [5.74, 6) is 0. The minimum atomic E-state index is -0.718. The van der Waals surface area contributed by atoms with Crippen LogP contribution in [0.15, 0.2) is 12.2 Å². The molecule has 0 aliphatic rings. The highest BCUT2D eigenvalue weighted by Gasteiger charge is 2.08. The van der Waals surface area contributed by atoms with E-state index in [0.717, 1.165) is 6.42 Å². The van der Waals surface area contributed by atoms with Crippen LogP contribution in [0.4, 0.5) is 0 Å². The zero-order chi connectivity index (χ0) is 13.6. The van der Waals surface area contributed by atoms with Gasteiger partial charge in [0.05, 0.1) is 18.8 Å². The summed E-state index contributed by atoms with van der Waals surface area (Å²) >= 11 is 0. The molecule has 0 amide bonds. The molecule has 0 bridgehead atoms. The van der Waals surface area contributed by atoms with Crippen LogP contribution in [-0.2, 0) is 0 Å². The molecule has 0 saturated carbocycles. The van der Waals surface area contributed by atoms with Crippen LogP contribution in [-0.4, -0.2) is 29.0 Å². The molecule has 0 aromatic rings. The van der Waals surface area contributed by atoms with E-state index in [1.807, 2.05) is 6.08 Å². The molecule has 0 aromatic carbocycles. The Morgan fingerprint density at radius 1 is 1.00 bits per heavy atom. The second-order valence-corrected chi connectivity index (χ2v) is 5.03. The van der Waals surface area contributed by atoms with Gasteiger partial charge < -0.3 is 15.9 Å². The number of nitrogens with two attached hydrogens (primary N) is 1. The highest BCUT2D eigenvalue weighted by atomic mass is 16.3. The summed E-state index contributed by atoms with van der Waals surface area (Å²) in [5, 5.41) is 18.2. The summed E-state index contributed by atoms with van der Waals surface area (Å²) in [6.45, 7) is 2.06. The fourth-order valence-corrected chi connectivity index (χ4v) is 1.88. The van der Waals surface area contributed by atoms with Crippen LogP contribution in [0.2, 0.25) is 0 Å². The first-order valence-corrected chi connectivity index (χ1v) is 7.43. The first kappa shape index (κ1) is 17.6. The maximum Gasteiger partial charge on any atom is 0.0894 e. The Kier molecular flexibility index (Phi) is 12.8. The second kappa shape index (κ2) is 13.1. The number of hydrogen-bond donors (Lipinski definition) is 3. The van der Waals surface area contributed by atoms with Crippen LogP contribution in [0, 0.1) is 0 Å². The third-order valence-electron chi connectivity index (χ3n) is 3.21. The number of aliphatic hydroxyl groups excluding tert-OH is 2. The number of aliphatic hydroxyl groups is 2. The molecule has 4 N–H and O–H groups in total. The molecular weight excluding hydrogens is 226 g/mol. The molecule has 0 heterocycles. The maximum absolute atomic E-state index is 9.47. The minimum absolute atomic E-state index is 0.177.